The number of halogens is 2. The first-order valence-electron chi connectivity index (χ1n) is 5.59. The van der Waals surface area contributed by atoms with Crippen molar-refractivity contribution in [2.45, 2.75) is 6.54 Å². The number of anilines is 1. The molecule has 0 saturated carbocycles. The Hall–Kier alpha value is -1.92. The van der Waals surface area contributed by atoms with Crippen molar-refractivity contribution in [2.75, 3.05) is 11.9 Å². The van der Waals surface area contributed by atoms with Gasteiger partial charge in [0.1, 0.15) is 6.33 Å². The quantitative estimate of drug-likeness (QED) is 0.492. The summed E-state index contributed by atoms with van der Waals surface area (Å²) in [7, 11) is 1.69. The zero-order valence-electron chi connectivity index (χ0n) is 10.5. The summed E-state index contributed by atoms with van der Waals surface area (Å²) in [6.45, 7) is 0.411. The van der Waals surface area contributed by atoms with E-state index >= 15 is 0 Å². The van der Waals surface area contributed by atoms with Crippen LogP contribution in [0.5, 0.6) is 0 Å². The molecule has 1 aromatic carbocycles. The molecule has 0 spiro atoms. The van der Waals surface area contributed by atoms with Crippen molar-refractivity contribution in [2.24, 2.45) is 0 Å². The third-order valence-electron chi connectivity index (χ3n) is 2.61. The maximum Gasteiger partial charge on any atom is 0.348 e. The molecule has 6 nitrogen and oxygen atoms in total. The Bertz CT molecular complexity index is 651. The van der Waals surface area contributed by atoms with Crippen molar-refractivity contribution >= 4 is 34.7 Å². The number of hydrogen-bond donors (Lipinski definition) is 0. The fourth-order valence-corrected chi connectivity index (χ4v) is 2.18. The van der Waals surface area contributed by atoms with Crippen LogP contribution in [0.3, 0.4) is 0 Å². The lowest BCUT2D eigenvalue weighted by atomic mass is 10.2. The van der Waals surface area contributed by atoms with Crippen molar-refractivity contribution in [3.8, 4) is 0 Å². The van der Waals surface area contributed by atoms with Crippen molar-refractivity contribution in [1.29, 1.82) is 0 Å². The molecule has 0 aliphatic rings. The molecule has 0 N–H and O–H groups in total. The van der Waals surface area contributed by atoms with Gasteiger partial charge in [-0.1, -0.05) is 35.3 Å². The molecule has 104 valence electrons. The Morgan fingerprint density at radius 2 is 2.10 bits per heavy atom. The van der Waals surface area contributed by atoms with E-state index in [1.54, 1.807) is 24.1 Å². The summed E-state index contributed by atoms with van der Waals surface area (Å²) in [6.07, 6.45) is 1.19. The van der Waals surface area contributed by atoms with Crippen molar-refractivity contribution in [3.05, 3.63) is 56.4 Å². The van der Waals surface area contributed by atoms with Crippen LogP contribution >= 0.6 is 23.2 Å². The molecule has 0 fully saturated rings. The Morgan fingerprint density at radius 1 is 1.35 bits per heavy atom. The van der Waals surface area contributed by atoms with Gasteiger partial charge in [-0.2, -0.15) is 0 Å². The third-order valence-corrected chi connectivity index (χ3v) is 3.12. The summed E-state index contributed by atoms with van der Waals surface area (Å²) in [4.78, 5) is 19.6. The SMILES string of the molecule is CN(Cc1cccc(Cl)c1)c1ncnc(Cl)c1[N+](=O)[O-]. The van der Waals surface area contributed by atoms with Gasteiger partial charge in [-0.25, -0.2) is 9.97 Å². The second kappa shape index (κ2) is 6.02. The summed E-state index contributed by atoms with van der Waals surface area (Å²) in [5.41, 5.74) is 0.600. The Balaban J connectivity index is 2.32. The molecule has 0 aliphatic carbocycles. The van der Waals surface area contributed by atoms with E-state index < -0.39 is 4.92 Å². The summed E-state index contributed by atoms with van der Waals surface area (Å²) in [5.74, 6) is 0.162. The zero-order chi connectivity index (χ0) is 14.7. The Morgan fingerprint density at radius 3 is 2.75 bits per heavy atom. The van der Waals surface area contributed by atoms with Gasteiger partial charge in [0, 0.05) is 18.6 Å². The average Bonchev–Trinajstić information content (AvgIpc) is 2.37. The van der Waals surface area contributed by atoms with E-state index in [4.69, 9.17) is 23.2 Å². The molecule has 2 aromatic rings. The first kappa shape index (κ1) is 14.5. The highest BCUT2D eigenvalue weighted by Crippen LogP contribution is 2.31. The summed E-state index contributed by atoms with van der Waals surface area (Å²) >= 11 is 11.7. The van der Waals surface area contributed by atoms with E-state index in [2.05, 4.69) is 9.97 Å². The summed E-state index contributed by atoms with van der Waals surface area (Å²) in [6, 6.07) is 7.23. The van der Waals surface area contributed by atoms with E-state index in [0.717, 1.165) is 5.56 Å². The molecule has 1 heterocycles. The second-order valence-corrected chi connectivity index (χ2v) is 4.87. The summed E-state index contributed by atoms with van der Waals surface area (Å²) in [5, 5.41) is 11.5. The molecule has 2 rings (SSSR count). The van der Waals surface area contributed by atoms with Gasteiger partial charge in [-0.3, -0.25) is 10.1 Å². The third kappa shape index (κ3) is 3.15. The first-order chi connectivity index (χ1) is 9.49. The molecule has 0 saturated heterocycles. The minimum Gasteiger partial charge on any atom is -0.349 e. The fourth-order valence-electron chi connectivity index (χ4n) is 1.77. The number of nitrogens with zero attached hydrogens (tertiary/aromatic N) is 4. The van der Waals surface area contributed by atoms with Crippen LogP contribution in [-0.2, 0) is 6.54 Å². The molecule has 20 heavy (non-hydrogen) atoms. The van der Waals surface area contributed by atoms with Crippen LogP contribution in [0.1, 0.15) is 5.56 Å². The smallest absolute Gasteiger partial charge is 0.348 e. The molecule has 0 unspecified atom stereocenters. The van der Waals surface area contributed by atoms with Crippen molar-refractivity contribution < 1.29 is 4.92 Å². The lowest BCUT2D eigenvalue weighted by Crippen LogP contribution is -2.19. The van der Waals surface area contributed by atoms with Crippen molar-refractivity contribution in [3.63, 3.8) is 0 Å². The molecule has 0 radical (unpaired) electrons. The predicted octanol–water partition coefficient (Wildman–Crippen LogP) is 3.33. The van der Waals surface area contributed by atoms with Crippen molar-refractivity contribution in [1.82, 2.24) is 9.97 Å². The predicted molar refractivity (Wildman–Crippen MR) is 77.3 cm³/mol. The molecular formula is C12H10Cl2N4O2. The van der Waals surface area contributed by atoms with Gasteiger partial charge in [0.2, 0.25) is 11.0 Å². The van der Waals surface area contributed by atoms with Gasteiger partial charge in [0.25, 0.3) is 0 Å². The van der Waals surface area contributed by atoms with Crippen LogP contribution < -0.4 is 4.90 Å². The molecule has 1 aromatic heterocycles. The lowest BCUT2D eigenvalue weighted by molar-refractivity contribution is -0.384. The monoisotopic (exact) mass is 312 g/mol. The molecular weight excluding hydrogens is 303 g/mol. The highest BCUT2D eigenvalue weighted by atomic mass is 35.5. The first-order valence-corrected chi connectivity index (χ1v) is 6.35. The maximum absolute atomic E-state index is 11.0. The topological polar surface area (TPSA) is 72.2 Å². The normalized spacial score (nSPS) is 10.3. The van der Waals surface area contributed by atoms with Crippen LogP contribution in [0, 0.1) is 10.1 Å². The fraction of sp³-hybridized carbons (Fsp3) is 0.167. The van der Waals surface area contributed by atoms with E-state index in [1.165, 1.54) is 6.33 Å². The van der Waals surface area contributed by atoms with Crippen LogP contribution in [0.25, 0.3) is 0 Å². The molecule has 0 aliphatic heterocycles. The minimum absolute atomic E-state index is 0.162. The van der Waals surface area contributed by atoms with Crippen LogP contribution in [0.15, 0.2) is 30.6 Å². The molecule has 8 heteroatoms. The maximum atomic E-state index is 11.0. The number of rotatable bonds is 4. The van der Waals surface area contributed by atoms with E-state index in [9.17, 15) is 10.1 Å². The average molecular weight is 313 g/mol. The molecule has 0 amide bonds. The van der Waals surface area contributed by atoms with Gasteiger partial charge in [0.05, 0.1) is 4.92 Å². The standard InChI is InChI=1S/C12H10Cl2N4O2/c1-17(6-8-3-2-4-9(13)5-8)12-10(18(19)20)11(14)15-7-16-12/h2-5,7H,6H2,1H3. The highest BCUT2D eigenvalue weighted by molar-refractivity contribution is 6.32. The van der Waals surface area contributed by atoms with Gasteiger partial charge in [-0.05, 0) is 17.7 Å². The Labute approximate surface area is 125 Å². The van der Waals surface area contributed by atoms with E-state index in [-0.39, 0.29) is 16.7 Å². The molecule has 0 atom stereocenters. The lowest BCUT2D eigenvalue weighted by Gasteiger charge is -2.18. The highest BCUT2D eigenvalue weighted by Gasteiger charge is 2.24. The van der Waals surface area contributed by atoms with Crippen LogP contribution in [0.2, 0.25) is 10.2 Å². The van der Waals surface area contributed by atoms with Gasteiger partial charge < -0.3 is 4.90 Å². The largest absolute Gasteiger partial charge is 0.349 e. The van der Waals surface area contributed by atoms with Gasteiger partial charge >= 0.3 is 5.69 Å². The Kier molecular flexibility index (Phi) is 4.36. The number of hydrogen-bond acceptors (Lipinski definition) is 5. The molecule has 0 bridgehead atoms. The van der Waals surface area contributed by atoms with Crippen LogP contribution in [0.4, 0.5) is 11.5 Å². The zero-order valence-corrected chi connectivity index (χ0v) is 12.0. The van der Waals surface area contributed by atoms with Gasteiger partial charge in [-0.15, -0.1) is 0 Å². The van der Waals surface area contributed by atoms with E-state index in [1.807, 2.05) is 12.1 Å². The number of benzene rings is 1. The minimum atomic E-state index is -0.591. The van der Waals surface area contributed by atoms with E-state index in [0.29, 0.717) is 11.6 Å². The number of aromatic nitrogens is 2. The number of nitro groups is 1. The summed E-state index contributed by atoms with van der Waals surface area (Å²) < 4.78 is 0. The van der Waals surface area contributed by atoms with Gasteiger partial charge in [0.15, 0.2) is 0 Å². The van der Waals surface area contributed by atoms with Crippen LogP contribution in [-0.4, -0.2) is 21.9 Å². The second-order valence-electron chi connectivity index (χ2n) is 4.08.